The minimum Gasteiger partial charge on any atom is -0.478 e. The van der Waals surface area contributed by atoms with Crippen LogP contribution >= 0.6 is 27.5 Å². The molecule has 4 rings (SSSR count). The number of morpholine rings is 2. The highest BCUT2D eigenvalue weighted by Crippen LogP contribution is 2.28. The second-order valence-electron chi connectivity index (χ2n) is 9.56. The molecule has 0 bridgehead atoms. The highest BCUT2D eigenvalue weighted by atomic mass is 79.9. The summed E-state index contributed by atoms with van der Waals surface area (Å²) in [6.45, 7) is 4.11. The van der Waals surface area contributed by atoms with Gasteiger partial charge in [-0.15, -0.1) is 0 Å². The zero-order valence-electron chi connectivity index (χ0n) is 23.7. The number of aryl methyl sites for hydroxylation is 1. The minimum atomic E-state index is -2.48. The Hall–Kier alpha value is -2.59. The first kappa shape index (κ1) is 37.6. The van der Waals surface area contributed by atoms with Gasteiger partial charge in [0.25, 0.3) is 0 Å². The zero-order chi connectivity index (χ0) is 33.0. The number of alkyl halides is 4. The molecule has 16 heteroatoms. The molecule has 2 aromatic rings. The average molecular weight is 722 g/mol. The second-order valence-corrected chi connectivity index (χ2v) is 10.9. The first-order chi connectivity index (χ1) is 20.7. The summed E-state index contributed by atoms with van der Waals surface area (Å²) in [5.41, 5.74) is 0.0357. The van der Waals surface area contributed by atoms with Crippen LogP contribution in [0, 0.1) is 18.6 Å². The highest BCUT2D eigenvalue weighted by Gasteiger charge is 2.28. The molecule has 2 atom stereocenters. The van der Waals surface area contributed by atoms with E-state index >= 15 is 0 Å². The number of ether oxygens (including phenoxy) is 3. The molecular weight excluding hydrogens is 690 g/mol. The third kappa shape index (κ3) is 11.7. The molecule has 2 aliphatic rings. The Kier molecular flexibility index (Phi) is 15.7. The van der Waals surface area contributed by atoms with Crippen molar-refractivity contribution in [2.24, 2.45) is 0 Å². The number of carbonyl (C=O) groups excluding carboxylic acids is 1. The summed E-state index contributed by atoms with van der Waals surface area (Å²) in [5.74, 6) is -3.69. The predicted octanol–water partition coefficient (Wildman–Crippen LogP) is 6.35. The number of carbonyl (C=O) groups is 2. The minimum absolute atomic E-state index is 0.0266. The predicted molar refractivity (Wildman–Crippen MR) is 154 cm³/mol. The number of carboxylic acids is 1. The van der Waals surface area contributed by atoms with Crippen molar-refractivity contribution in [1.82, 2.24) is 5.32 Å². The van der Waals surface area contributed by atoms with Crippen LogP contribution in [-0.4, -0.2) is 88.6 Å². The van der Waals surface area contributed by atoms with E-state index in [0.717, 1.165) is 12.1 Å². The number of anilines is 1. The number of nitrogens with zero attached hydrogens (tertiary/aromatic N) is 1. The molecule has 2 heterocycles. The fourth-order valence-electron chi connectivity index (χ4n) is 4.38. The zero-order valence-corrected chi connectivity index (χ0v) is 26.1. The van der Waals surface area contributed by atoms with Gasteiger partial charge in [-0.25, -0.2) is 35.9 Å². The highest BCUT2D eigenvalue weighted by molar-refractivity contribution is 9.10. The van der Waals surface area contributed by atoms with Gasteiger partial charge in [0.1, 0.15) is 17.2 Å². The number of halogens is 8. The van der Waals surface area contributed by atoms with Crippen molar-refractivity contribution in [1.29, 1.82) is 0 Å². The SMILES string of the molecule is COC(=O)c1c(F)cc(Br)cc1Cl.Cc1cc(N2CCOC[C@@H]2CC(F)F)cc(F)c1C(=O)O.FC(F)C[C@H]1COCCN1. The first-order valence-electron chi connectivity index (χ1n) is 13.2. The van der Waals surface area contributed by atoms with Crippen molar-refractivity contribution in [3.8, 4) is 0 Å². The summed E-state index contributed by atoms with van der Waals surface area (Å²) in [4.78, 5) is 23.6. The van der Waals surface area contributed by atoms with Gasteiger partial charge in [-0.3, -0.25) is 0 Å². The van der Waals surface area contributed by atoms with Gasteiger partial charge in [0.05, 0.1) is 50.2 Å². The maximum Gasteiger partial charge on any atom is 0.342 e. The van der Waals surface area contributed by atoms with E-state index in [1.165, 1.54) is 26.2 Å². The quantitative estimate of drug-likeness (QED) is 0.252. The summed E-state index contributed by atoms with van der Waals surface area (Å²) < 4.78 is 90.7. The van der Waals surface area contributed by atoms with Crippen LogP contribution in [0.2, 0.25) is 5.02 Å². The summed E-state index contributed by atoms with van der Waals surface area (Å²) in [7, 11) is 1.17. The third-order valence-corrected chi connectivity index (χ3v) is 7.11. The van der Waals surface area contributed by atoms with Gasteiger partial charge in [-0.1, -0.05) is 27.5 Å². The molecule has 2 fully saturated rings. The van der Waals surface area contributed by atoms with Gasteiger partial charge >= 0.3 is 11.9 Å². The van der Waals surface area contributed by atoms with E-state index in [0.29, 0.717) is 43.1 Å². The number of benzene rings is 2. The Morgan fingerprint density at radius 1 is 1.05 bits per heavy atom. The number of aromatic carboxylic acids is 1. The maximum atomic E-state index is 13.9. The Morgan fingerprint density at radius 2 is 1.68 bits per heavy atom. The normalized spacial score (nSPS) is 18.2. The van der Waals surface area contributed by atoms with E-state index in [4.69, 9.17) is 26.2 Å². The summed E-state index contributed by atoms with van der Waals surface area (Å²) in [6, 6.07) is 4.48. The summed E-state index contributed by atoms with van der Waals surface area (Å²) >= 11 is 8.68. The molecule has 2 aromatic carbocycles. The number of esters is 1. The lowest BCUT2D eigenvalue weighted by atomic mass is 10.0. The largest absolute Gasteiger partial charge is 0.478 e. The Bertz CT molecular complexity index is 1210. The van der Waals surface area contributed by atoms with Crippen LogP contribution in [-0.2, 0) is 14.2 Å². The van der Waals surface area contributed by atoms with Crippen LogP contribution in [0.4, 0.5) is 32.0 Å². The lowest BCUT2D eigenvalue weighted by Gasteiger charge is -2.37. The third-order valence-electron chi connectivity index (χ3n) is 6.35. The number of carboxylic acid groups (broad SMARTS) is 1. The van der Waals surface area contributed by atoms with E-state index in [-0.39, 0.29) is 41.6 Å². The van der Waals surface area contributed by atoms with Crippen LogP contribution in [0.3, 0.4) is 0 Å². The Morgan fingerprint density at radius 3 is 2.20 bits per heavy atom. The van der Waals surface area contributed by atoms with Gasteiger partial charge in [-0.05, 0) is 36.8 Å². The van der Waals surface area contributed by atoms with E-state index in [1.807, 2.05) is 0 Å². The molecule has 2 N–H and O–H groups in total. The van der Waals surface area contributed by atoms with Crippen molar-refractivity contribution in [3.05, 3.63) is 62.1 Å². The number of rotatable bonds is 7. The van der Waals surface area contributed by atoms with Gasteiger partial charge in [-0.2, -0.15) is 0 Å². The van der Waals surface area contributed by atoms with Crippen molar-refractivity contribution >= 4 is 45.2 Å². The van der Waals surface area contributed by atoms with E-state index < -0.39 is 48.0 Å². The fraction of sp³-hybridized carbons (Fsp3) is 0.500. The topological polar surface area (TPSA) is 97.3 Å². The molecule has 0 unspecified atom stereocenters. The molecule has 0 saturated carbocycles. The molecule has 2 saturated heterocycles. The van der Waals surface area contributed by atoms with Crippen LogP contribution in [0.5, 0.6) is 0 Å². The second kappa shape index (κ2) is 18.4. The number of hydrogen-bond acceptors (Lipinski definition) is 7. The molecular formula is C28H32BrClF6N2O6. The number of hydrogen-bond donors (Lipinski definition) is 2. The van der Waals surface area contributed by atoms with Crippen molar-refractivity contribution in [2.45, 2.75) is 44.7 Å². The molecule has 8 nitrogen and oxygen atoms in total. The van der Waals surface area contributed by atoms with Crippen LogP contribution in [0.25, 0.3) is 0 Å². The molecule has 0 aliphatic carbocycles. The van der Waals surface area contributed by atoms with E-state index in [9.17, 15) is 35.9 Å². The Labute approximate surface area is 263 Å². The molecule has 44 heavy (non-hydrogen) atoms. The van der Waals surface area contributed by atoms with Gasteiger partial charge < -0.3 is 29.5 Å². The van der Waals surface area contributed by atoms with E-state index in [1.54, 1.807) is 4.90 Å². The first-order valence-corrected chi connectivity index (χ1v) is 14.4. The molecule has 0 amide bonds. The maximum absolute atomic E-state index is 13.9. The number of methoxy groups -OCH3 is 1. The van der Waals surface area contributed by atoms with Crippen molar-refractivity contribution in [3.63, 3.8) is 0 Å². The van der Waals surface area contributed by atoms with Crippen molar-refractivity contribution < 1.29 is 55.2 Å². The van der Waals surface area contributed by atoms with Crippen molar-refractivity contribution in [2.75, 3.05) is 51.5 Å². The molecule has 0 spiro atoms. The standard InChI is InChI=1S/C14H16F3NO3.C8H5BrClFO2.C6H11F2NO/c1-8-4-9(5-11(15)13(8)14(19)20)18-2-3-21-7-10(18)6-12(16)17;1-13-8(12)7-5(10)2-4(9)3-6(7)11;7-6(8)3-5-4-10-2-1-9-5/h4-5,10,12H,2-3,6-7H2,1H3,(H,19,20);2-3H,1H3;5-6,9H,1-4H2/t10-;;5-/m0.0/s1. The monoisotopic (exact) mass is 720 g/mol. The Balaban J connectivity index is 0.000000250. The average Bonchev–Trinajstić information content (AvgIpc) is 2.92. The number of nitrogens with one attached hydrogen (secondary N) is 1. The van der Waals surface area contributed by atoms with Crippen LogP contribution < -0.4 is 10.2 Å². The molecule has 0 radical (unpaired) electrons. The molecule has 2 aliphatic heterocycles. The summed E-state index contributed by atoms with van der Waals surface area (Å²) in [5, 5.41) is 11.9. The fourth-order valence-corrected chi connectivity index (χ4v) is 5.23. The summed E-state index contributed by atoms with van der Waals surface area (Å²) in [6.07, 6.45) is -5.18. The lowest BCUT2D eigenvalue weighted by molar-refractivity contribution is 0.0434. The van der Waals surface area contributed by atoms with Gasteiger partial charge in [0.15, 0.2) is 0 Å². The van der Waals surface area contributed by atoms with Gasteiger partial charge in [0.2, 0.25) is 12.9 Å². The van der Waals surface area contributed by atoms with Crippen LogP contribution in [0.15, 0.2) is 28.7 Å². The molecule has 246 valence electrons. The van der Waals surface area contributed by atoms with Crippen LogP contribution in [0.1, 0.15) is 39.1 Å². The molecule has 0 aromatic heterocycles. The smallest absolute Gasteiger partial charge is 0.342 e. The van der Waals surface area contributed by atoms with E-state index in [2.05, 4.69) is 26.0 Å². The lowest BCUT2D eigenvalue weighted by Crippen LogP contribution is -2.46. The van der Waals surface area contributed by atoms with Gasteiger partial charge in [0, 0.05) is 42.1 Å².